The average molecular weight is 320 g/mol. The van der Waals surface area contributed by atoms with Crippen molar-refractivity contribution in [2.45, 2.75) is 23.8 Å². The lowest BCUT2D eigenvalue weighted by molar-refractivity contribution is 0.560. The van der Waals surface area contributed by atoms with E-state index in [1.807, 2.05) is 0 Å². The molecule has 0 spiro atoms. The van der Waals surface area contributed by atoms with E-state index in [9.17, 15) is 0 Å². The quantitative estimate of drug-likeness (QED) is 0.778. The molecular weight excluding hydrogens is 308 g/mol. The van der Waals surface area contributed by atoms with Gasteiger partial charge in [-0.2, -0.15) is 0 Å². The minimum atomic E-state index is 0.345. The summed E-state index contributed by atoms with van der Waals surface area (Å²) in [5.74, 6) is 0. The molecular formula is C10H12Br2N2. The molecule has 4 heteroatoms. The molecule has 0 aromatic heterocycles. The van der Waals surface area contributed by atoms with Crippen molar-refractivity contribution in [3.05, 3.63) is 34.3 Å². The Morgan fingerprint density at radius 1 is 1.14 bits per heavy atom. The monoisotopic (exact) mass is 318 g/mol. The highest BCUT2D eigenvalue weighted by Gasteiger charge is 2.31. The maximum atomic E-state index is 3.69. The summed E-state index contributed by atoms with van der Waals surface area (Å²) in [5, 5.41) is 0. The van der Waals surface area contributed by atoms with Crippen LogP contribution in [0.1, 0.15) is 18.5 Å². The lowest BCUT2D eigenvalue weighted by atomic mass is 10.0. The molecule has 1 aliphatic heterocycles. The minimum absolute atomic E-state index is 0.345. The van der Waals surface area contributed by atoms with Crippen molar-refractivity contribution in [3.63, 3.8) is 0 Å². The average Bonchev–Trinajstić information content (AvgIpc) is 2.50. The third kappa shape index (κ3) is 2.03. The van der Waals surface area contributed by atoms with Crippen molar-refractivity contribution in [1.82, 2.24) is 10.9 Å². The number of hydrogen-bond acceptors (Lipinski definition) is 2. The molecule has 1 aliphatic rings. The lowest BCUT2D eigenvalue weighted by Crippen LogP contribution is -2.29. The van der Waals surface area contributed by atoms with Gasteiger partial charge in [-0.3, -0.25) is 5.43 Å². The topological polar surface area (TPSA) is 24.1 Å². The molecule has 14 heavy (non-hydrogen) atoms. The lowest BCUT2D eigenvalue weighted by Gasteiger charge is -2.14. The molecule has 2 nitrogen and oxygen atoms in total. The summed E-state index contributed by atoms with van der Waals surface area (Å²) < 4.78 is 1.12. The van der Waals surface area contributed by atoms with E-state index in [0.717, 1.165) is 4.47 Å². The maximum absolute atomic E-state index is 3.69. The number of hydrazine groups is 1. The first kappa shape index (κ1) is 10.6. The van der Waals surface area contributed by atoms with Gasteiger partial charge < -0.3 is 0 Å². The van der Waals surface area contributed by atoms with Crippen LogP contribution in [0.25, 0.3) is 0 Å². The van der Waals surface area contributed by atoms with Gasteiger partial charge >= 0.3 is 0 Å². The molecule has 0 amide bonds. The van der Waals surface area contributed by atoms with Gasteiger partial charge in [-0.15, -0.1) is 0 Å². The van der Waals surface area contributed by atoms with E-state index in [2.05, 4.69) is 73.9 Å². The smallest absolute Gasteiger partial charge is 0.0603 e. The van der Waals surface area contributed by atoms with Crippen molar-refractivity contribution < 1.29 is 0 Å². The Morgan fingerprint density at radius 2 is 1.79 bits per heavy atom. The fourth-order valence-corrected chi connectivity index (χ4v) is 2.44. The van der Waals surface area contributed by atoms with E-state index in [1.54, 1.807) is 0 Å². The van der Waals surface area contributed by atoms with E-state index in [4.69, 9.17) is 0 Å². The van der Waals surface area contributed by atoms with E-state index in [-0.39, 0.29) is 0 Å². The first-order valence-corrected chi connectivity index (χ1v) is 6.30. The molecule has 2 N–H and O–H groups in total. The van der Waals surface area contributed by atoms with Crippen molar-refractivity contribution >= 4 is 31.9 Å². The van der Waals surface area contributed by atoms with Crippen LogP contribution in [0.3, 0.4) is 0 Å². The van der Waals surface area contributed by atoms with Crippen molar-refractivity contribution in [1.29, 1.82) is 0 Å². The molecule has 0 radical (unpaired) electrons. The Morgan fingerprint density at radius 3 is 2.29 bits per heavy atom. The predicted octanol–water partition coefficient (Wildman–Crippen LogP) is 2.75. The third-order valence-corrected chi connectivity index (χ3v) is 4.34. The summed E-state index contributed by atoms with van der Waals surface area (Å²) in [5.41, 5.74) is 7.80. The van der Waals surface area contributed by atoms with E-state index in [1.165, 1.54) is 5.56 Å². The van der Waals surface area contributed by atoms with Crippen LogP contribution in [0.2, 0.25) is 0 Å². The Balaban J connectivity index is 2.19. The van der Waals surface area contributed by atoms with Gasteiger partial charge in [-0.1, -0.05) is 44.0 Å². The molecule has 76 valence electrons. The predicted molar refractivity (Wildman–Crippen MR) is 65.3 cm³/mol. The number of alkyl halides is 1. The van der Waals surface area contributed by atoms with E-state index < -0.39 is 0 Å². The largest absolute Gasteiger partial charge is 0.253 e. The highest BCUT2D eigenvalue weighted by molar-refractivity contribution is 9.10. The van der Waals surface area contributed by atoms with Crippen molar-refractivity contribution in [2.75, 3.05) is 0 Å². The van der Waals surface area contributed by atoms with Crippen LogP contribution in [0.5, 0.6) is 0 Å². The molecule has 1 heterocycles. The third-order valence-electron chi connectivity index (χ3n) is 2.49. The molecule has 0 aliphatic carbocycles. The van der Waals surface area contributed by atoms with Gasteiger partial charge in [0.1, 0.15) is 0 Å². The van der Waals surface area contributed by atoms with Crippen molar-refractivity contribution in [2.24, 2.45) is 0 Å². The summed E-state index contributed by atoms with van der Waals surface area (Å²) in [6.07, 6.45) is 0. The Bertz CT molecular complexity index is 312. The fourth-order valence-electron chi connectivity index (χ4n) is 1.61. The van der Waals surface area contributed by atoms with Crippen LogP contribution in [0.4, 0.5) is 0 Å². The van der Waals surface area contributed by atoms with Gasteiger partial charge in [0.2, 0.25) is 0 Å². The Hall–Kier alpha value is 0.1000. The Labute approximate surface area is 101 Å². The SMILES string of the molecule is CC1NNC(c2ccc(Br)cc2)C1Br. The number of hydrogen-bond donors (Lipinski definition) is 2. The van der Waals surface area contributed by atoms with Gasteiger partial charge in [0.15, 0.2) is 0 Å². The van der Waals surface area contributed by atoms with Crippen LogP contribution in [0, 0.1) is 0 Å². The number of benzene rings is 1. The van der Waals surface area contributed by atoms with Crippen LogP contribution in [-0.2, 0) is 0 Å². The van der Waals surface area contributed by atoms with Crippen molar-refractivity contribution in [3.8, 4) is 0 Å². The summed E-state index contributed by atoms with van der Waals surface area (Å²) in [6.45, 7) is 2.16. The second-order valence-electron chi connectivity index (χ2n) is 3.55. The number of rotatable bonds is 1. The molecule has 0 bridgehead atoms. The van der Waals surface area contributed by atoms with E-state index in [0.29, 0.717) is 16.9 Å². The van der Waals surface area contributed by atoms with Gasteiger partial charge in [-0.25, -0.2) is 5.43 Å². The summed E-state index contributed by atoms with van der Waals surface area (Å²) in [6, 6.07) is 9.20. The zero-order valence-electron chi connectivity index (χ0n) is 7.80. The number of nitrogens with one attached hydrogen (secondary N) is 2. The molecule has 1 saturated heterocycles. The van der Waals surface area contributed by atoms with Gasteiger partial charge in [0, 0.05) is 10.5 Å². The van der Waals surface area contributed by atoms with Gasteiger partial charge in [0.05, 0.1) is 10.9 Å². The molecule has 3 unspecified atom stereocenters. The minimum Gasteiger partial charge on any atom is -0.253 e. The molecule has 1 aromatic rings. The molecule has 1 aromatic carbocycles. The summed E-state index contributed by atoms with van der Waals surface area (Å²) in [7, 11) is 0. The summed E-state index contributed by atoms with van der Waals surface area (Å²) >= 11 is 7.12. The van der Waals surface area contributed by atoms with E-state index >= 15 is 0 Å². The zero-order chi connectivity index (χ0) is 10.1. The number of halogens is 2. The second-order valence-corrected chi connectivity index (χ2v) is 5.52. The van der Waals surface area contributed by atoms with Crippen LogP contribution in [0.15, 0.2) is 28.7 Å². The normalized spacial score (nSPS) is 32.1. The highest BCUT2D eigenvalue weighted by Crippen LogP contribution is 2.29. The van der Waals surface area contributed by atoms with Gasteiger partial charge in [-0.05, 0) is 24.6 Å². The molecule has 1 fully saturated rings. The molecule has 0 saturated carbocycles. The van der Waals surface area contributed by atoms with Crippen LogP contribution in [-0.4, -0.2) is 10.9 Å². The molecule has 3 atom stereocenters. The first-order valence-electron chi connectivity index (χ1n) is 4.59. The standard InChI is InChI=1S/C10H12Br2N2/c1-6-9(12)10(14-13-6)7-2-4-8(11)5-3-7/h2-6,9-10,13-14H,1H3. The first-order chi connectivity index (χ1) is 6.68. The second kappa shape index (κ2) is 4.31. The summed E-state index contributed by atoms with van der Waals surface area (Å²) in [4.78, 5) is 0.434. The fraction of sp³-hybridized carbons (Fsp3) is 0.400. The highest BCUT2D eigenvalue weighted by atomic mass is 79.9. The van der Waals surface area contributed by atoms with Gasteiger partial charge in [0.25, 0.3) is 0 Å². The van der Waals surface area contributed by atoms with Crippen LogP contribution >= 0.6 is 31.9 Å². The van der Waals surface area contributed by atoms with Crippen LogP contribution < -0.4 is 10.9 Å². The molecule has 2 rings (SSSR count). The maximum Gasteiger partial charge on any atom is 0.0603 e. The Kier molecular flexibility index (Phi) is 3.27. The zero-order valence-corrected chi connectivity index (χ0v) is 11.0.